The SMILES string of the molecule is COC1CC(C(=O)O)N(C(=O)CNC(=O)Cc2cccc3ccccc23)C1. The average molecular weight is 370 g/mol. The van der Waals surface area contributed by atoms with Gasteiger partial charge in [-0.1, -0.05) is 42.5 Å². The smallest absolute Gasteiger partial charge is 0.326 e. The first-order valence-electron chi connectivity index (χ1n) is 8.78. The Hall–Kier alpha value is -2.93. The molecule has 2 aromatic rings. The van der Waals surface area contributed by atoms with Crippen LogP contribution < -0.4 is 5.32 Å². The minimum atomic E-state index is -1.06. The van der Waals surface area contributed by atoms with Gasteiger partial charge >= 0.3 is 5.97 Å². The molecule has 7 nitrogen and oxygen atoms in total. The van der Waals surface area contributed by atoms with Crippen molar-refractivity contribution in [2.75, 3.05) is 20.2 Å². The molecule has 0 aliphatic carbocycles. The summed E-state index contributed by atoms with van der Waals surface area (Å²) in [5.41, 5.74) is 0.877. The van der Waals surface area contributed by atoms with Crippen LogP contribution in [0.15, 0.2) is 42.5 Å². The topological polar surface area (TPSA) is 95.9 Å². The van der Waals surface area contributed by atoms with E-state index < -0.39 is 17.9 Å². The number of likely N-dealkylation sites (tertiary alicyclic amines) is 1. The van der Waals surface area contributed by atoms with Gasteiger partial charge < -0.3 is 20.1 Å². The van der Waals surface area contributed by atoms with Crippen LogP contribution >= 0.6 is 0 Å². The molecule has 0 bridgehead atoms. The number of carbonyl (C=O) groups excluding carboxylic acids is 2. The molecule has 0 saturated carbocycles. The average Bonchev–Trinajstić information content (AvgIpc) is 3.11. The van der Waals surface area contributed by atoms with Gasteiger partial charge in [-0.15, -0.1) is 0 Å². The van der Waals surface area contributed by atoms with Crippen LogP contribution in [0.5, 0.6) is 0 Å². The van der Waals surface area contributed by atoms with Gasteiger partial charge in [0.15, 0.2) is 0 Å². The number of aliphatic carboxylic acids is 1. The third kappa shape index (κ3) is 4.25. The van der Waals surface area contributed by atoms with Gasteiger partial charge in [0.2, 0.25) is 11.8 Å². The Kier molecular flexibility index (Phi) is 5.71. The number of fused-ring (bicyclic) bond motifs is 1. The minimum absolute atomic E-state index is 0.150. The summed E-state index contributed by atoms with van der Waals surface area (Å²) in [5, 5.41) is 13.9. The Labute approximate surface area is 156 Å². The number of ether oxygens (including phenoxy) is 1. The van der Waals surface area contributed by atoms with Gasteiger partial charge in [-0.3, -0.25) is 9.59 Å². The van der Waals surface area contributed by atoms with Gasteiger partial charge in [-0.2, -0.15) is 0 Å². The second kappa shape index (κ2) is 8.18. The van der Waals surface area contributed by atoms with E-state index in [-0.39, 0.29) is 37.9 Å². The highest BCUT2D eigenvalue weighted by atomic mass is 16.5. The second-order valence-corrected chi connectivity index (χ2v) is 6.59. The fourth-order valence-electron chi connectivity index (χ4n) is 3.44. The molecule has 7 heteroatoms. The molecule has 1 aliphatic heterocycles. The molecule has 142 valence electrons. The Morgan fingerprint density at radius 3 is 2.67 bits per heavy atom. The lowest BCUT2D eigenvalue weighted by Gasteiger charge is -2.21. The van der Waals surface area contributed by atoms with Crippen molar-refractivity contribution in [3.63, 3.8) is 0 Å². The predicted octanol–water partition coefficient (Wildman–Crippen LogP) is 1.20. The highest BCUT2D eigenvalue weighted by molar-refractivity contribution is 5.92. The molecule has 2 amide bonds. The molecule has 1 heterocycles. The molecule has 0 aromatic heterocycles. The van der Waals surface area contributed by atoms with Crippen molar-refractivity contribution in [3.8, 4) is 0 Å². The first kappa shape index (κ1) is 18.8. The molecule has 1 aliphatic rings. The van der Waals surface area contributed by atoms with Gasteiger partial charge in [0.25, 0.3) is 0 Å². The maximum Gasteiger partial charge on any atom is 0.326 e. The summed E-state index contributed by atoms with van der Waals surface area (Å²) in [5.74, 6) is -1.77. The molecule has 2 unspecified atom stereocenters. The van der Waals surface area contributed by atoms with Crippen molar-refractivity contribution >= 4 is 28.6 Å². The number of benzene rings is 2. The van der Waals surface area contributed by atoms with Crippen LogP contribution in [-0.2, 0) is 25.5 Å². The number of carboxylic acids is 1. The molecule has 1 saturated heterocycles. The Bertz CT molecular complexity index is 861. The van der Waals surface area contributed by atoms with Gasteiger partial charge in [-0.05, 0) is 16.3 Å². The van der Waals surface area contributed by atoms with E-state index in [9.17, 15) is 19.5 Å². The number of carbonyl (C=O) groups is 3. The summed E-state index contributed by atoms with van der Waals surface area (Å²) in [6.45, 7) is -0.0185. The molecule has 27 heavy (non-hydrogen) atoms. The fourth-order valence-corrected chi connectivity index (χ4v) is 3.44. The zero-order valence-electron chi connectivity index (χ0n) is 15.1. The van der Waals surface area contributed by atoms with Crippen molar-refractivity contribution in [1.29, 1.82) is 0 Å². The van der Waals surface area contributed by atoms with Gasteiger partial charge in [0.1, 0.15) is 6.04 Å². The van der Waals surface area contributed by atoms with Crippen molar-refractivity contribution in [1.82, 2.24) is 10.2 Å². The molecule has 2 atom stereocenters. The minimum Gasteiger partial charge on any atom is -0.480 e. The highest BCUT2D eigenvalue weighted by Crippen LogP contribution is 2.21. The van der Waals surface area contributed by atoms with E-state index >= 15 is 0 Å². The molecule has 1 fully saturated rings. The molecule has 0 radical (unpaired) electrons. The van der Waals surface area contributed by atoms with E-state index in [0.717, 1.165) is 16.3 Å². The standard InChI is InChI=1S/C20H22N2O5/c1-27-15-10-17(20(25)26)22(12-15)19(24)11-21-18(23)9-14-7-4-6-13-5-2-3-8-16(13)14/h2-8,15,17H,9-12H2,1H3,(H,21,23)(H,25,26). The van der Waals surface area contributed by atoms with E-state index in [1.807, 2.05) is 42.5 Å². The number of nitrogens with zero attached hydrogens (tertiary/aromatic N) is 1. The number of methoxy groups -OCH3 is 1. The molecule has 0 spiro atoms. The summed E-state index contributed by atoms with van der Waals surface area (Å²) in [4.78, 5) is 37.3. The zero-order valence-corrected chi connectivity index (χ0v) is 15.1. The van der Waals surface area contributed by atoms with Crippen LogP contribution in [0, 0.1) is 0 Å². The third-order valence-corrected chi connectivity index (χ3v) is 4.87. The molecular weight excluding hydrogens is 348 g/mol. The monoisotopic (exact) mass is 370 g/mol. The van der Waals surface area contributed by atoms with Gasteiger partial charge in [-0.25, -0.2) is 4.79 Å². The lowest BCUT2D eigenvalue weighted by atomic mass is 10.0. The second-order valence-electron chi connectivity index (χ2n) is 6.59. The molecule has 3 rings (SSSR count). The van der Waals surface area contributed by atoms with Crippen LogP contribution in [0.2, 0.25) is 0 Å². The van der Waals surface area contributed by atoms with Gasteiger partial charge in [0, 0.05) is 20.1 Å². The normalized spacial score (nSPS) is 19.2. The van der Waals surface area contributed by atoms with E-state index in [1.54, 1.807) is 0 Å². The molecule has 2 aromatic carbocycles. The Morgan fingerprint density at radius 1 is 1.19 bits per heavy atom. The summed E-state index contributed by atoms with van der Waals surface area (Å²) in [6, 6.07) is 12.6. The number of hydrogen-bond donors (Lipinski definition) is 2. The summed E-state index contributed by atoms with van der Waals surface area (Å²) in [6.07, 6.45) is 0.0978. The van der Waals surface area contributed by atoms with Crippen molar-refractivity contribution in [2.24, 2.45) is 0 Å². The predicted molar refractivity (Wildman–Crippen MR) is 99.2 cm³/mol. The third-order valence-electron chi connectivity index (χ3n) is 4.87. The Morgan fingerprint density at radius 2 is 1.93 bits per heavy atom. The number of hydrogen-bond acceptors (Lipinski definition) is 4. The van der Waals surface area contributed by atoms with Crippen molar-refractivity contribution in [2.45, 2.75) is 25.0 Å². The maximum absolute atomic E-state index is 12.4. The highest BCUT2D eigenvalue weighted by Gasteiger charge is 2.39. The Balaban J connectivity index is 1.60. The number of rotatable bonds is 6. The van der Waals surface area contributed by atoms with E-state index in [4.69, 9.17) is 4.74 Å². The summed E-state index contributed by atoms with van der Waals surface area (Å²) in [7, 11) is 1.49. The molecule has 2 N–H and O–H groups in total. The first-order chi connectivity index (χ1) is 13.0. The van der Waals surface area contributed by atoms with Gasteiger partial charge in [0.05, 0.1) is 19.1 Å². The van der Waals surface area contributed by atoms with Crippen LogP contribution in [0.4, 0.5) is 0 Å². The van der Waals surface area contributed by atoms with Crippen molar-refractivity contribution < 1.29 is 24.2 Å². The summed E-state index contributed by atoms with van der Waals surface area (Å²) >= 11 is 0. The number of amides is 2. The van der Waals surface area contributed by atoms with E-state index in [1.165, 1.54) is 12.0 Å². The summed E-state index contributed by atoms with van der Waals surface area (Å²) < 4.78 is 5.17. The number of nitrogens with one attached hydrogen (secondary N) is 1. The van der Waals surface area contributed by atoms with Crippen LogP contribution in [0.3, 0.4) is 0 Å². The maximum atomic E-state index is 12.4. The van der Waals surface area contributed by atoms with Crippen molar-refractivity contribution in [3.05, 3.63) is 48.0 Å². The fraction of sp³-hybridized carbons (Fsp3) is 0.350. The largest absolute Gasteiger partial charge is 0.480 e. The molecular formula is C20H22N2O5. The first-order valence-corrected chi connectivity index (χ1v) is 8.78. The van der Waals surface area contributed by atoms with Crippen LogP contribution in [0.25, 0.3) is 10.8 Å². The lowest BCUT2D eigenvalue weighted by Crippen LogP contribution is -2.45. The van der Waals surface area contributed by atoms with E-state index in [2.05, 4.69) is 5.32 Å². The van der Waals surface area contributed by atoms with Crippen LogP contribution in [0.1, 0.15) is 12.0 Å². The lowest BCUT2D eigenvalue weighted by molar-refractivity contribution is -0.148. The quantitative estimate of drug-likeness (QED) is 0.797. The van der Waals surface area contributed by atoms with Crippen LogP contribution in [-0.4, -0.2) is 60.1 Å². The number of carboxylic acid groups (broad SMARTS) is 1. The zero-order chi connectivity index (χ0) is 19.4. The van der Waals surface area contributed by atoms with E-state index in [0.29, 0.717) is 0 Å².